The summed E-state index contributed by atoms with van der Waals surface area (Å²) in [5, 5.41) is 8.78. The molecular formula is C19H23FN6O. The predicted molar refractivity (Wildman–Crippen MR) is 102 cm³/mol. The minimum atomic E-state index is -0.929. The first kappa shape index (κ1) is 16.7. The van der Waals surface area contributed by atoms with E-state index in [1.54, 1.807) is 10.9 Å². The van der Waals surface area contributed by atoms with Crippen molar-refractivity contribution in [3.63, 3.8) is 0 Å². The van der Waals surface area contributed by atoms with Crippen molar-refractivity contribution in [2.75, 3.05) is 38.7 Å². The van der Waals surface area contributed by atoms with Gasteiger partial charge in [0.25, 0.3) is 0 Å². The monoisotopic (exact) mass is 370 g/mol. The Morgan fingerprint density at radius 2 is 2.22 bits per heavy atom. The number of likely N-dealkylation sites (tertiary alicyclic amines) is 1. The highest BCUT2D eigenvalue weighted by molar-refractivity contribution is 5.97. The number of H-pyrrole nitrogens is 1. The van der Waals surface area contributed by atoms with Crippen LogP contribution in [-0.4, -0.2) is 70.2 Å². The number of hydrogen-bond acceptors (Lipinski definition) is 5. The van der Waals surface area contributed by atoms with Gasteiger partial charge in [-0.25, -0.2) is 9.37 Å². The van der Waals surface area contributed by atoms with Crippen LogP contribution in [0.3, 0.4) is 0 Å². The van der Waals surface area contributed by atoms with Gasteiger partial charge in [0.15, 0.2) is 0 Å². The highest BCUT2D eigenvalue weighted by Gasteiger charge is 2.36. The Morgan fingerprint density at radius 3 is 2.96 bits per heavy atom. The molecule has 27 heavy (non-hydrogen) atoms. The van der Waals surface area contributed by atoms with Crippen LogP contribution in [-0.2, 0) is 4.74 Å². The summed E-state index contributed by atoms with van der Waals surface area (Å²) in [7, 11) is 1.90. The van der Waals surface area contributed by atoms with Crippen molar-refractivity contribution in [1.29, 1.82) is 0 Å². The lowest BCUT2D eigenvalue weighted by atomic mass is 10.0. The third kappa shape index (κ3) is 2.80. The van der Waals surface area contributed by atoms with Crippen LogP contribution in [0.15, 0.2) is 30.9 Å². The fourth-order valence-electron chi connectivity index (χ4n) is 4.13. The van der Waals surface area contributed by atoms with Crippen molar-refractivity contribution < 1.29 is 9.13 Å². The average molecular weight is 370 g/mol. The number of nitrogens with one attached hydrogen (secondary N) is 2. The van der Waals surface area contributed by atoms with Gasteiger partial charge in [-0.1, -0.05) is 0 Å². The third-order valence-electron chi connectivity index (χ3n) is 5.76. The maximum atomic E-state index is 14.9. The molecule has 2 aliphatic rings. The van der Waals surface area contributed by atoms with Gasteiger partial charge in [-0.05, 0) is 12.5 Å². The summed E-state index contributed by atoms with van der Waals surface area (Å²) in [6.45, 7) is 2.79. The molecule has 0 aromatic carbocycles. The van der Waals surface area contributed by atoms with E-state index in [4.69, 9.17) is 4.74 Å². The number of halogens is 1. The largest absolute Gasteiger partial charge is 0.387 e. The van der Waals surface area contributed by atoms with Crippen LogP contribution in [0.25, 0.3) is 22.2 Å². The van der Waals surface area contributed by atoms with E-state index in [0.717, 1.165) is 54.0 Å². The van der Waals surface area contributed by atoms with Gasteiger partial charge in [0.2, 0.25) is 0 Å². The Kier molecular flexibility index (Phi) is 4.09. The zero-order valence-electron chi connectivity index (χ0n) is 15.2. The topological polar surface area (TPSA) is 71.0 Å². The summed E-state index contributed by atoms with van der Waals surface area (Å²) in [6.07, 6.45) is 7.28. The molecule has 0 saturated carbocycles. The second kappa shape index (κ2) is 6.61. The van der Waals surface area contributed by atoms with E-state index in [2.05, 4.69) is 25.3 Å². The van der Waals surface area contributed by atoms with Crippen LogP contribution in [0.1, 0.15) is 12.5 Å². The van der Waals surface area contributed by atoms with Gasteiger partial charge in [0.05, 0.1) is 37.2 Å². The summed E-state index contributed by atoms with van der Waals surface area (Å²) in [5.41, 5.74) is 3.75. The SMILES string of the molecule is CNc1c(-c2cnn([C@H]3CCN(C4COC4)C[C@@H]3F)c2)cnc2[nH]ccc12. The fraction of sp³-hybridized carbons (Fsp3) is 0.474. The molecule has 2 fully saturated rings. The van der Waals surface area contributed by atoms with Crippen molar-refractivity contribution in [3.05, 3.63) is 30.9 Å². The minimum absolute atomic E-state index is 0.224. The molecule has 0 unspecified atom stereocenters. The molecule has 3 aromatic heterocycles. The molecular weight excluding hydrogens is 347 g/mol. The van der Waals surface area contributed by atoms with Gasteiger partial charge >= 0.3 is 0 Å². The molecule has 2 atom stereocenters. The van der Waals surface area contributed by atoms with Crippen LogP contribution in [0.4, 0.5) is 10.1 Å². The smallest absolute Gasteiger partial charge is 0.139 e. The molecule has 0 bridgehead atoms. The Morgan fingerprint density at radius 1 is 1.33 bits per heavy atom. The maximum absolute atomic E-state index is 14.9. The fourth-order valence-corrected chi connectivity index (χ4v) is 4.13. The number of nitrogens with zero attached hydrogens (tertiary/aromatic N) is 4. The van der Waals surface area contributed by atoms with Crippen molar-refractivity contribution in [2.24, 2.45) is 0 Å². The zero-order chi connectivity index (χ0) is 18.4. The van der Waals surface area contributed by atoms with Crippen LogP contribution < -0.4 is 5.32 Å². The number of piperidine rings is 1. The van der Waals surface area contributed by atoms with Gasteiger partial charge in [-0.2, -0.15) is 5.10 Å². The lowest BCUT2D eigenvalue weighted by Gasteiger charge is -2.42. The molecule has 5 heterocycles. The predicted octanol–water partition coefficient (Wildman–Crippen LogP) is 2.45. The molecule has 8 heteroatoms. The lowest BCUT2D eigenvalue weighted by molar-refractivity contribution is -0.0847. The molecule has 3 aromatic rings. The number of alkyl halides is 1. The number of rotatable bonds is 4. The van der Waals surface area contributed by atoms with E-state index < -0.39 is 6.17 Å². The number of pyridine rings is 1. The molecule has 2 aliphatic heterocycles. The Labute approximate surface area is 156 Å². The van der Waals surface area contributed by atoms with Gasteiger partial charge in [-0.15, -0.1) is 0 Å². The summed E-state index contributed by atoms with van der Waals surface area (Å²) >= 11 is 0. The van der Waals surface area contributed by atoms with E-state index >= 15 is 0 Å². The molecule has 0 amide bonds. The van der Waals surface area contributed by atoms with E-state index in [0.29, 0.717) is 12.6 Å². The van der Waals surface area contributed by atoms with Crippen molar-refractivity contribution in [1.82, 2.24) is 24.6 Å². The maximum Gasteiger partial charge on any atom is 0.139 e. The molecule has 7 nitrogen and oxygen atoms in total. The Balaban J connectivity index is 1.40. The number of hydrogen-bond donors (Lipinski definition) is 2. The second-order valence-electron chi connectivity index (χ2n) is 7.30. The van der Waals surface area contributed by atoms with Crippen molar-refractivity contribution in [3.8, 4) is 11.1 Å². The third-order valence-corrected chi connectivity index (χ3v) is 5.76. The number of aromatic nitrogens is 4. The normalized spacial score (nSPS) is 24.2. The molecule has 0 aliphatic carbocycles. The van der Waals surface area contributed by atoms with Crippen molar-refractivity contribution >= 4 is 16.7 Å². The highest BCUT2D eigenvalue weighted by atomic mass is 19.1. The Bertz CT molecular complexity index is 949. The van der Waals surface area contributed by atoms with Crippen LogP contribution in [0, 0.1) is 0 Å². The van der Waals surface area contributed by atoms with E-state index in [1.807, 2.05) is 31.7 Å². The van der Waals surface area contributed by atoms with E-state index in [1.165, 1.54) is 0 Å². The summed E-state index contributed by atoms with van der Waals surface area (Å²) in [6, 6.07) is 2.16. The number of fused-ring (bicyclic) bond motifs is 1. The van der Waals surface area contributed by atoms with Crippen LogP contribution in [0.5, 0.6) is 0 Å². The van der Waals surface area contributed by atoms with Crippen molar-refractivity contribution in [2.45, 2.75) is 24.7 Å². The lowest BCUT2D eigenvalue weighted by Crippen LogP contribution is -2.55. The molecule has 2 saturated heterocycles. The van der Waals surface area contributed by atoms with E-state index in [9.17, 15) is 4.39 Å². The summed E-state index contributed by atoms with van der Waals surface area (Å²) in [4.78, 5) is 9.81. The first-order valence-corrected chi connectivity index (χ1v) is 9.39. The molecule has 2 N–H and O–H groups in total. The zero-order valence-corrected chi connectivity index (χ0v) is 15.2. The number of aromatic amines is 1. The standard InChI is InChI=1S/C19H23FN6O/c1-21-18-14-2-4-22-19(14)23-7-15(18)12-6-24-26(8-12)17-3-5-25(9-16(17)20)13-10-27-11-13/h2,4,6-8,13,16-17H,3,5,9-11H2,1H3,(H2,21,22,23)/t16-,17-/m0/s1. The average Bonchev–Trinajstić information content (AvgIpc) is 3.28. The first-order chi connectivity index (χ1) is 13.2. The molecule has 142 valence electrons. The van der Waals surface area contributed by atoms with Gasteiger partial charge in [0.1, 0.15) is 11.8 Å². The molecule has 5 rings (SSSR count). The second-order valence-corrected chi connectivity index (χ2v) is 7.30. The van der Waals surface area contributed by atoms with Gasteiger partial charge < -0.3 is 15.0 Å². The molecule has 0 radical (unpaired) electrons. The highest BCUT2D eigenvalue weighted by Crippen LogP contribution is 2.34. The summed E-state index contributed by atoms with van der Waals surface area (Å²) in [5.74, 6) is 0. The number of anilines is 1. The van der Waals surface area contributed by atoms with Crippen LogP contribution >= 0.6 is 0 Å². The van der Waals surface area contributed by atoms with Gasteiger partial charge in [-0.3, -0.25) is 9.58 Å². The summed E-state index contributed by atoms with van der Waals surface area (Å²) < 4.78 is 21.9. The number of ether oxygens (including phenoxy) is 1. The minimum Gasteiger partial charge on any atom is -0.387 e. The van der Waals surface area contributed by atoms with E-state index in [-0.39, 0.29) is 6.04 Å². The van der Waals surface area contributed by atoms with Crippen LogP contribution in [0.2, 0.25) is 0 Å². The first-order valence-electron chi connectivity index (χ1n) is 9.39. The quantitative estimate of drug-likeness (QED) is 0.738. The Hall–Kier alpha value is -2.45. The van der Waals surface area contributed by atoms with Gasteiger partial charge in [0, 0.05) is 55.2 Å². The molecule has 0 spiro atoms.